The molecule has 2 aromatic carbocycles. The lowest BCUT2D eigenvalue weighted by atomic mass is 10.1. The van der Waals surface area contributed by atoms with Crippen molar-refractivity contribution in [1.29, 1.82) is 0 Å². The first-order chi connectivity index (χ1) is 15.2. The zero-order valence-electron chi connectivity index (χ0n) is 17.7. The summed E-state index contributed by atoms with van der Waals surface area (Å²) < 4.78 is 24.8. The molecule has 0 aliphatic rings. The Hall–Kier alpha value is -3.50. The molecule has 10 heteroatoms. The third-order valence-corrected chi connectivity index (χ3v) is 6.08. The van der Waals surface area contributed by atoms with Crippen LogP contribution < -0.4 is 16.2 Å². The Balaban J connectivity index is 1.91. The van der Waals surface area contributed by atoms with Crippen molar-refractivity contribution in [2.24, 2.45) is 11.1 Å². The van der Waals surface area contributed by atoms with E-state index in [1.165, 1.54) is 12.1 Å². The van der Waals surface area contributed by atoms with E-state index >= 15 is 0 Å². The van der Waals surface area contributed by atoms with Crippen LogP contribution in [-0.2, 0) is 10.0 Å². The standard InChI is InChI=1S/C22H24N6O3S/c1-13(2)11-12-25-22(29)18-19-21(27-17-6-4-3-5-16(17)26-19)28(20(18)23)14-7-9-15(10-8-14)32(24,30)31/h3-10,13H,11-12,23H2,1-2H3,(H,25,29)(H2,24,30,31). The van der Waals surface area contributed by atoms with Crippen LogP contribution >= 0.6 is 0 Å². The normalized spacial score (nSPS) is 12.0. The number of rotatable bonds is 6. The summed E-state index contributed by atoms with van der Waals surface area (Å²) in [5, 5.41) is 8.11. The van der Waals surface area contributed by atoms with Gasteiger partial charge in [-0.05, 0) is 48.7 Å². The first-order valence-electron chi connectivity index (χ1n) is 10.1. The van der Waals surface area contributed by atoms with E-state index in [-0.39, 0.29) is 22.2 Å². The maximum Gasteiger partial charge on any atom is 0.257 e. The maximum atomic E-state index is 13.1. The number of amides is 1. The summed E-state index contributed by atoms with van der Waals surface area (Å²) in [6, 6.07) is 13.2. The molecule has 0 spiro atoms. The first kappa shape index (κ1) is 21.7. The molecule has 32 heavy (non-hydrogen) atoms. The largest absolute Gasteiger partial charge is 0.384 e. The van der Waals surface area contributed by atoms with Crippen LogP contribution in [-0.4, -0.2) is 35.4 Å². The number of nitrogens with zero attached hydrogens (tertiary/aromatic N) is 3. The number of nitrogens with one attached hydrogen (secondary N) is 1. The highest BCUT2D eigenvalue weighted by Crippen LogP contribution is 2.31. The number of benzene rings is 2. The molecule has 166 valence electrons. The quantitative estimate of drug-likeness (QED) is 0.410. The number of para-hydroxylation sites is 2. The van der Waals surface area contributed by atoms with E-state index in [0.29, 0.717) is 40.3 Å². The average Bonchev–Trinajstić information content (AvgIpc) is 3.02. The molecule has 0 radical (unpaired) electrons. The summed E-state index contributed by atoms with van der Waals surface area (Å²) in [6.07, 6.45) is 0.827. The van der Waals surface area contributed by atoms with Crippen LogP contribution in [0.2, 0.25) is 0 Å². The summed E-state index contributed by atoms with van der Waals surface area (Å²) in [7, 11) is -3.84. The third-order valence-electron chi connectivity index (χ3n) is 5.16. The number of hydrogen-bond donors (Lipinski definition) is 3. The van der Waals surface area contributed by atoms with Crippen LogP contribution in [0.15, 0.2) is 53.4 Å². The van der Waals surface area contributed by atoms with Gasteiger partial charge in [-0.25, -0.2) is 23.5 Å². The lowest BCUT2D eigenvalue weighted by Crippen LogP contribution is -2.26. The summed E-state index contributed by atoms with van der Waals surface area (Å²) in [4.78, 5) is 22.4. The summed E-state index contributed by atoms with van der Waals surface area (Å²) in [6.45, 7) is 4.66. The lowest BCUT2D eigenvalue weighted by Gasteiger charge is -2.09. The van der Waals surface area contributed by atoms with Crippen molar-refractivity contribution in [1.82, 2.24) is 19.9 Å². The number of nitrogen functional groups attached to an aromatic ring is 1. The molecule has 0 unspecified atom stereocenters. The van der Waals surface area contributed by atoms with Crippen LogP contribution in [0, 0.1) is 5.92 Å². The molecule has 4 aromatic rings. The van der Waals surface area contributed by atoms with Crippen LogP contribution in [0.1, 0.15) is 30.6 Å². The number of anilines is 1. The predicted molar refractivity (Wildman–Crippen MR) is 124 cm³/mol. The van der Waals surface area contributed by atoms with Gasteiger partial charge in [-0.15, -0.1) is 0 Å². The van der Waals surface area contributed by atoms with Crippen LogP contribution in [0.25, 0.3) is 27.9 Å². The average molecular weight is 453 g/mol. The Kier molecular flexibility index (Phi) is 5.57. The predicted octanol–water partition coefficient (Wildman–Crippen LogP) is 2.58. The molecule has 2 heterocycles. The molecular weight excluding hydrogens is 428 g/mol. The number of carbonyl (C=O) groups is 1. The van der Waals surface area contributed by atoms with Gasteiger partial charge in [0, 0.05) is 12.2 Å². The van der Waals surface area contributed by atoms with Crippen molar-refractivity contribution in [2.75, 3.05) is 12.3 Å². The molecule has 1 amide bonds. The number of primary sulfonamides is 1. The van der Waals surface area contributed by atoms with Crippen molar-refractivity contribution in [3.8, 4) is 5.69 Å². The Bertz CT molecular complexity index is 1430. The number of hydrogen-bond acceptors (Lipinski definition) is 6. The van der Waals surface area contributed by atoms with Crippen molar-refractivity contribution in [2.45, 2.75) is 25.2 Å². The Morgan fingerprint density at radius 3 is 2.28 bits per heavy atom. The lowest BCUT2D eigenvalue weighted by molar-refractivity contribution is 0.0954. The summed E-state index contributed by atoms with van der Waals surface area (Å²) in [5.41, 5.74) is 9.27. The zero-order chi connectivity index (χ0) is 23.0. The van der Waals surface area contributed by atoms with Gasteiger partial charge in [0.05, 0.1) is 15.9 Å². The molecule has 0 bridgehead atoms. The van der Waals surface area contributed by atoms with Gasteiger partial charge >= 0.3 is 0 Å². The fourth-order valence-electron chi connectivity index (χ4n) is 3.49. The first-order valence-corrected chi connectivity index (χ1v) is 11.7. The van der Waals surface area contributed by atoms with Crippen molar-refractivity contribution in [3.05, 3.63) is 54.1 Å². The smallest absolute Gasteiger partial charge is 0.257 e. The molecule has 0 aliphatic heterocycles. The zero-order valence-corrected chi connectivity index (χ0v) is 18.6. The molecule has 0 atom stereocenters. The van der Waals surface area contributed by atoms with Crippen molar-refractivity contribution < 1.29 is 13.2 Å². The van der Waals surface area contributed by atoms with Gasteiger partial charge < -0.3 is 11.1 Å². The molecule has 0 fully saturated rings. The van der Waals surface area contributed by atoms with E-state index in [1.54, 1.807) is 16.7 Å². The second-order valence-corrected chi connectivity index (χ2v) is 9.52. The summed E-state index contributed by atoms with van der Waals surface area (Å²) >= 11 is 0. The Labute approximate surface area is 185 Å². The number of aromatic nitrogens is 3. The molecule has 5 N–H and O–H groups in total. The van der Waals surface area contributed by atoms with E-state index in [9.17, 15) is 13.2 Å². The number of nitrogens with two attached hydrogens (primary N) is 2. The van der Waals surface area contributed by atoms with Crippen molar-refractivity contribution in [3.63, 3.8) is 0 Å². The Morgan fingerprint density at radius 1 is 1.06 bits per heavy atom. The molecular formula is C22H24N6O3S. The number of fused-ring (bicyclic) bond motifs is 2. The molecule has 4 rings (SSSR count). The van der Waals surface area contributed by atoms with Gasteiger partial charge in [0.1, 0.15) is 16.9 Å². The highest BCUT2D eigenvalue weighted by molar-refractivity contribution is 7.89. The highest BCUT2D eigenvalue weighted by atomic mass is 32.2. The van der Waals surface area contributed by atoms with Gasteiger partial charge in [0.15, 0.2) is 5.65 Å². The topological polar surface area (TPSA) is 146 Å². The second-order valence-electron chi connectivity index (χ2n) is 7.96. The SMILES string of the molecule is CC(C)CCNC(=O)c1c(N)n(-c2ccc(S(N)(=O)=O)cc2)c2nc3ccccc3nc12. The molecule has 0 saturated carbocycles. The van der Waals surface area contributed by atoms with Gasteiger partial charge in [0.25, 0.3) is 5.91 Å². The fraction of sp³-hybridized carbons (Fsp3) is 0.227. The minimum atomic E-state index is -3.84. The van der Waals surface area contributed by atoms with E-state index in [2.05, 4.69) is 24.1 Å². The van der Waals surface area contributed by atoms with Gasteiger partial charge in [-0.3, -0.25) is 9.36 Å². The van der Waals surface area contributed by atoms with Gasteiger partial charge in [-0.1, -0.05) is 26.0 Å². The van der Waals surface area contributed by atoms with E-state index in [4.69, 9.17) is 15.9 Å². The van der Waals surface area contributed by atoms with Gasteiger partial charge in [-0.2, -0.15) is 0 Å². The second kappa shape index (κ2) is 8.21. The molecule has 2 aromatic heterocycles. The fourth-order valence-corrected chi connectivity index (χ4v) is 4.01. The van der Waals surface area contributed by atoms with Crippen LogP contribution in [0.4, 0.5) is 5.82 Å². The minimum absolute atomic E-state index is 0.0283. The van der Waals surface area contributed by atoms with Crippen LogP contribution in [0.5, 0.6) is 0 Å². The van der Waals surface area contributed by atoms with Gasteiger partial charge in [0.2, 0.25) is 10.0 Å². The summed E-state index contributed by atoms with van der Waals surface area (Å²) in [5.74, 6) is 0.272. The van der Waals surface area contributed by atoms with Crippen LogP contribution in [0.3, 0.4) is 0 Å². The number of carbonyl (C=O) groups excluding carboxylic acids is 1. The third kappa shape index (κ3) is 4.02. The Morgan fingerprint density at radius 2 is 1.69 bits per heavy atom. The molecule has 0 aliphatic carbocycles. The van der Waals surface area contributed by atoms with E-state index < -0.39 is 10.0 Å². The monoisotopic (exact) mass is 452 g/mol. The highest BCUT2D eigenvalue weighted by Gasteiger charge is 2.25. The maximum absolute atomic E-state index is 13.1. The minimum Gasteiger partial charge on any atom is -0.384 e. The molecule has 9 nitrogen and oxygen atoms in total. The number of sulfonamides is 1. The van der Waals surface area contributed by atoms with E-state index in [1.807, 2.05) is 24.3 Å². The van der Waals surface area contributed by atoms with Crippen molar-refractivity contribution >= 4 is 43.9 Å². The van der Waals surface area contributed by atoms with E-state index in [0.717, 1.165) is 6.42 Å². The molecule has 0 saturated heterocycles.